The number of esters is 1. The molecule has 0 bridgehead atoms. The highest BCUT2D eigenvalue weighted by atomic mass is 32.1. The predicted molar refractivity (Wildman–Crippen MR) is 123 cm³/mol. The molecule has 152 valence electrons. The zero-order chi connectivity index (χ0) is 21.1. The van der Waals surface area contributed by atoms with Gasteiger partial charge in [0.25, 0.3) is 0 Å². The third-order valence-electron chi connectivity index (χ3n) is 4.60. The minimum atomic E-state index is -0.366. The number of nitrogens with one attached hydrogen (secondary N) is 2. The van der Waals surface area contributed by atoms with Crippen LogP contribution < -0.4 is 10.6 Å². The molecule has 0 radical (unpaired) electrons. The number of aryl methyl sites for hydroxylation is 3. The van der Waals surface area contributed by atoms with E-state index in [9.17, 15) is 4.79 Å². The van der Waals surface area contributed by atoms with Crippen molar-refractivity contribution in [2.45, 2.75) is 27.7 Å². The van der Waals surface area contributed by atoms with Gasteiger partial charge in [0.15, 0.2) is 5.11 Å². The monoisotopic (exact) mass is 428 g/mol. The van der Waals surface area contributed by atoms with Crippen LogP contribution in [-0.4, -0.2) is 27.5 Å². The number of ether oxygens (including phenoxy) is 1. The fourth-order valence-electron chi connectivity index (χ4n) is 3.19. The number of thiophene rings is 1. The van der Waals surface area contributed by atoms with Crippen molar-refractivity contribution in [3.05, 3.63) is 52.2 Å². The average Bonchev–Trinajstić information content (AvgIpc) is 3.13. The van der Waals surface area contributed by atoms with E-state index in [-0.39, 0.29) is 5.97 Å². The first-order chi connectivity index (χ1) is 13.8. The summed E-state index contributed by atoms with van der Waals surface area (Å²) in [5.74, 6) is -0.366. The second-order valence-electron chi connectivity index (χ2n) is 6.57. The van der Waals surface area contributed by atoms with E-state index >= 15 is 0 Å². The number of aromatic nitrogens is 2. The second-order valence-corrected chi connectivity index (χ2v) is 8.21. The Morgan fingerprint density at radius 1 is 1.21 bits per heavy atom. The van der Waals surface area contributed by atoms with E-state index in [0.29, 0.717) is 22.3 Å². The van der Waals surface area contributed by atoms with Gasteiger partial charge in [0.2, 0.25) is 0 Å². The van der Waals surface area contributed by atoms with Crippen molar-refractivity contribution >= 4 is 45.3 Å². The molecule has 2 heterocycles. The molecule has 3 aromatic rings. The SMILES string of the molecule is CCOC(=O)c1c(NC(=S)Nc2c(C)nn(C)c2C)sc(C)c1-c1ccccc1. The van der Waals surface area contributed by atoms with E-state index < -0.39 is 0 Å². The van der Waals surface area contributed by atoms with Crippen LogP contribution in [0.1, 0.15) is 33.5 Å². The van der Waals surface area contributed by atoms with Gasteiger partial charge in [-0.3, -0.25) is 4.68 Å². The standard InChI is InChI=1S/C21H24N4O2S2/c1-6-27-20(26)17-16(15-10-8-7-9-11-15)14(4)29-19(17)23-21(28)22-18-12(2)24-25(5)13(18)3/h7-11H,6H2,1-5H3,(H2,22,23,28). The fraction of sp³-hybridized carbons (Fsp3) is 0.286. The summed E-state index contributed by atoms with van der Waals surface area (Å²) in [4.78, 5) is 13.8. The molecule has 0 fully saturated rings. The van der Waals surface area contributed by atoms with Crippen LogP contribution in [0.3, 0.4) is 0 Å². The van der Waals surface area contributed by atoms with Crippen molar-refractivity contribution in [2.75, 3.05) is 17.2 Å². The van der Waals surface area contributed by atoms with Gasteiger partial charge in [0.05, 0.1) is 23.7 Å². The Morgan fingerprint density at radius 3 is 2.48 bits per heavy atom. The topological polar surface area (TPSA) is 68.2 Å². The number of hydrogen-bond acceptors (Lipinski definition) is 5. The van der Waals surface area contributed by atoms with Crippen molar-refractivity contribution in [1.82, 2.24) is 9.78 Å². The smallest absolute Gasteiger partial charge is 0.341 e. The largest absolute Gasteiger partial charge is 0.462 e. The summed E-state index contributed by atoms with van der Waals surface area (Å²) in [6.45, 7) is 7.99. The van der Waals surface area contributed by atoms with Crippen LogP contribution in [0.2, 0.25) is 0 Å². The molecule has 2 aromatic heterocycles. The number of thiocarbonyl (C=S) groups is 1. The number of benzene rings is 1. The second kappa shape index (κ2) is 8.75. The van der Waals surface area contributed by atoms with Gasteiger partial charge < -0.3 is 15.4 Å². The fourth-order valence-corrected chi connectivity index (χ4v) is 4.52. The van der Waals surface area contributed by atoms with Gasteiger partial charge in [0.1, 0.15) is 10.6 Å². The molecular formula is C21H24N4O2S2. The first-order valence-electron chi connectivity index (χ1n) is 9.27. The van der Waals surface area contributed by atoms with Crippen LogP contribution in [0.5, 0.6) is 0 Å². The molecule has 29 heavy (non-hydrogen) atoms. The lowest BCUT2D eigenvalue weighted by Crippen LogP contribution is -2.21. The van der Waals surface area contributed by atoms with Crippen molar-refractivity contribution in [3.63, 3.8) is 0 Å². The van der Waals surface area contributed by atoms with E-state index in [0.717, 1.165) is 33.1 Å². The summed E-state index contributed by atoms with van der Waals surface area (Å²) in [5, 5.41) is 11.9. The Labute approximate surface area is 179 Å². The molecule has 2 N–H and O–H groups in total. The minimum absolute atomic E-state index is 0.304. The summed E-state index contributed by atoms with van der Waals surface area (Å²) in [6.07, 6.45) is 0. The van der Waals surface area contributed by atoms with Gasteiger partial charge in [0, 0.05) is 17.5 Å². The Kier molecular flexibility index (Phi) is 6.34. The molecule has 0 unspecified atom stereocenters. The Morgan fingerprint density at radius 2 is 1.90 bits per heavy atom. The van der Waals surface area contributed by atoms with Gasteiger partial charge >= 0.3 is 5.97 Å². The quantitative estimate of drug-likeness (QED) is 0.437. The highest BCUT2D eigenvalue weighted by Crippen LogP contribution is 2.40. The number of rotatable bonds is 5. The molecule has 0 aliphatic heterocycles. The molecule has 8 heteroatoms. The van der Waals surface area contributed by atoms with Gasteiger partial charge in [-0.2, -0.15) is 5.10 Å². The van der Waals surface area contributed by atoms with Gasteiger partial charge in [-0.15, -0.1) is 11.3 Å². The molecule has 0 atom stereocenters. The molecule has 0 saturated heterocycles. The maximum atomic E-state index is 12.8. The van der Waals surface area contributed by atoms with Crippen molar-refractivity contribution in [1.29, 1.82) is 0 Å². The van der Waals surface area contributed by atoms with Crippen molar-refractivity contribution < 1.29 is 9.53 Å². The van der Waals surface area contributed by atoms with E-state index in [1.54, 1.807) is 11.6 Å². The summed E-state index contributed by atoms with van der Waals surface area (Å²) >= 11 is 7.00. The lowest BCUT2D eigenvalue weighted by atomic mass is 10.0. The third kappa shape index (κ3) is 4.33. The van der Waals surface area contributed by atoms with Crippen LogP contribution in [-0.2, 0) is 11.8 Å². The zero-order valence-electron chi connectivity index (χ0n) is 17.1. The van der Waals surface area contributed by atoms with Crippen LogP contribution >= 0.6 is 23.6 Å². The Hall–Kier alpha value is -2.71. The van der Waals surface area contributed by atoms with E-state index in [1.807, 2.05) is 58.2 Å². The Bertz CT molecular complexity index is 1050. The highest BCUT2D eigenvalue weighted by molar-refractivity contribution is 7.80. The lowest BCUT2D eigenvalue weighted by molar-refractivity contribution is 0.0529. The van der Waals surface area contributed by atoms with Crippen LogP contribution in [0.4, 0.5) is 10.7 Å². The number of carbonyl (C=O) groups excluding carboxylic acids is 1. The molecule has 0 spiro atoms. The highest BCUT2D eigenvalue weighted by Gasteiger charge is 2.25. The molecule has 0 aliphatic rings. The molecule has 0 aliphatic carbocycles. The maximum absolute atomic E-state index is 12.8. The van der Waals surface area contributed by atoms with Gasteiger partial charge in [-0.05, 0) is 45.5 Å². The number of anilines is 2. The van der Waals surface area contributed by atoms with Crippen LogP contribution in [0.15, 0.2) is 30.3 Å². The summed E-state index contributed by atoms with van der Waals surface area (Å²) in [7, 11) is 1.89. The lowest BCUT2D eigenvalue weighted by Gasteiger charge is -2.12. The summed E-state index contributed by atoms with van der Waals surface area (Å²) < 4.78 is 7.13. The van der Waals surface area contributed by atoms with Gasteiger partial charge in [-0.1, -0.05) is 30.3 Å². The zero-order valence-corrected chi connectivity index (χ0v) is 18.8. The van der Waals surface area contributed by atoms with Crippen LogP contribution in [0, 0.1) is 20.8 Å². The van der Waals surface area contributed by atoms with E-state index in [2.05, 4.69) is 15.7 Å². The average molecular weight is 429 g/mol. The molecule has 3 rings (SSSR count). The van der Waals surface area contributed by atoms with Gasteiger partial charge in [-0.25, -0.2) is 4.79 Å². The number of carbonyl (C=O) groups is 1. The Balaban J connectivity index is 1.96. The first kappa shape index (κ1) is 21.0. The van der Waals surface area contributed by atoms with E-state index in [4.69, 9.17) is 17.0 Å². The maximum Gasteiger partial charge on any atom is 0.341 e. The first-order valence-corrected chi connectivity index (χ1v) is 10.5. The molecule has 0 saturated carbocycles. The minimum Gasteiger partial charge on any atom is -0.462 e. The number of hydrogen-bond donors (Lipinski definition) is 2. The molecule has 6 nitrogen and oxygen atoms in total. The normalized spacial score (nSPS) is 10.7. The molecular weight excluding hydrogens is 404 g/mol. The summed E-state index contributed by atoms with van der Waals surface area (Å²) in [6, 6.07) is 9.83. The summed E-state index contributed by atoms with van der Waals surface area (Å²) in [5.41, 5.74) is 5.03. The predicted octanol–water partition coefficient (Wildman–Crippen LogP) is 5.06. The van der Waals surface area contributed by atoms with Crippen molar-refractivity contribution in [2.24, 2.45) is 7.05 Å². The number of nitrogens with zero attached hydrogens (tertiary/aromatic N) is 2. The van der Waals surface area contributed by atoms with E-state index in [1.165, 1.54) is 11.3 Å². The molecule has 0 amide bonds. The third-order valence-corrected chi connectivity index (χ3v) is 5.83. The van der Waals surface area contributed by atoms with Crippen molar-refractivity contribution in [3.8, 4) is 11.1 Å². The molecule has 1 aromatic carbocycles. The van der Waals surface area contributed by atoms with Crippen LogP contribution in [0.25, 0.3) is 11.1 Å².